The van der Waals surface area contributed by atoms with Gasteiger partial charge in [-0.3, -0.25) is 19.7 Å². The van der Waals surface area contributed by atoms with Crippen LogP contribution >= 0.6 is 11.8 Å². The average Bonchev–Trinajstić information content (AvgIpc) is 2.64. The summed E-state index contributed by atoms with van der Waals surface area (Å²) >= 11 is 0.939. The standard InChI is InChI=1S/C20H19N3O5S/c1-20(2)7-13-18(15(24)8-20)17(11-5-3-4-6-14(11)23(27)28)12(9-21)19(22-13)29-10-16(25)26/h3-6,17,22H,7-8,10H2,1-2H3,(H,25,26)/t17-/m1/s1. The van der Waals surface area contributed by atoms with Gasteiger partial charge in [-0.1, -0.05) is 43.8 Å². The molecule has 29 heavy (non-hydrogen) atoms. The van der Waals surface area contributed by atoms with E-state index >= 15 is 0 Å². The van der Waals surface area contributed by atoms with Gasteiger partial charge in [-0.25, -0.2) is 0 Å². The van der Waals surface area contributed by atoms with Gasteiger partial charge in [-0.15, -0.1) is 0 Å². The highest BCUT2D eigenvalue weighted by atomic mass is 32.2. The fourth-order valence-corrected chi connectivity index (χ4v) is 4.62. The van der Waals surface area contributed by atoms with E-state index in [1.54, 1.807) is 12.1 Å². The van der Waals surface area contributed by atoms with Crippen LogP contribution in [-0.4, -0.2) is 27.5 Å². The van der Waals surface area contributed by atoms with Crippen LogP contribution in [0.1, 0.15) is 38.2 Å². The number of allylic oxidation sites excluding steroid dienone is 3. The van der Waals surface area contributed by atoms with E-state index in [1.807, 2.05) is 13.8 Å². The summed E-state index contributed by atoms with van der Waals surface area (Å²) in [5, 5.41) is 33.9. The SMILES string of the molecule is CC1(C)CC(=O)C2=C(C1)NC(SCC(=O)O)=C(C#N)[C@H]2c1ccccc1[N+](=O)[O-]. The highest BCUT2D eigenvalue weighted by Gasteiger charge is 2.43. The zero-order valence-corrected chi connectivity index (χ0v) is 16.7. The number of thioether (sulfide) groups is 1. The number of nitro benzene ring substituents is 1. The van der Waals surface area contributed by atoms with E-state index in [1.165, 1.54) is 12.1 Å². The summed E-state index contributed by atoms with van der Waals surface area (Å²) in [6, 6.07) is 8.10. The number of hydrogen-bond donors (Lipinski definition) is 2. The molecule has 1 atom stereocenters. The van der Waals surface area contributed by atoms with Crippen LogP contribution in [0.2, 0.25) is 0 Å². The number of nitrogens with zero attached hydrogens (tertiary/aromatic N) is 2. The zero-order valence-electron chi connectivity index (χ0n) is 15.9. The third-order valence-electron chi connectivity index (χ3n) is 4.91. The first kappa shape index (κ1) is 20.6. The largest absolute Gasteiger partial charge is 0.481 e. The van der Waals surface area contributed by atoms with Gasteiger partial charge in [-0.05, 0) is 11.8 Å². The molecule has 0 saturated heterocycles. The number of Topliss-reactive ketones (excluding diaryl/α,β-unsaturated/α-hetero) is 1. The topological polar surface area (TPSA) is 133 Å². The number of nitrogens with one attached hydrogen (secondary N) is 1. The Bertz CT molecular complexity index is 1020. The Morgan fingerprint density at radius 3 is 2.72 bits per heavy atom. The van der Waals surface area contributed by atoms with Crippen LogP contribution in [0.5, 0.6) is 0 Å². The second-order valence-electron chi connectivity index (χ2n) is 7.74. The molecule has 1 heterocycles. The summed E-state index contributed by atoms with van der Waals surface area (Å²) in [7, 11) is 0. The number of carbonyl (C=O) groups is 2. The number of aliphatic carboxylic acids is 1. The van der Waals surface area contributed by atoms with E-state index in [4.69, 9.17) is 5.11 Å². The van der Waals surface area contributed by atoms with Crippen molar-refractivity contribution in [3.63, 3.8) is 0 Å². The van der Waals surface area contributed by atoms with Crippen molar-refractivity contribution >= 4 is 29.2 Å². The summed E-state index contributed by atoms with van der Waals surface area (Å²) in [6.07, 6.45) is 0.780. The van der Waals surface area contributed by atoms with Gasteiger partial charge >= 0.3 is 5.97 Å². The number of carboxylic acid groups (broad SMARTS) is 1. The van der Waals surface area contributed by atoms with Gasteiger partial charge in [-0.2, -0.15) is 5.26 Å². The molecule has 3 rings (SSSR count). The number of nitro groups is 1. The molecule has 1 aliphatic carbocycles. The number of ketones is 1. The van der Waals surface area contributed by atoms with Crippen molar-refractivity contribution in [2.45, 2.75) is 32.6 Å². The van der Waals surface area contributed by atoms with Crippen LogP contribution in [0.3, 0.4) is 0 Å². The lowest BCUT2D eigenvalue weighted by atomic mass is 9.69. The fraction of sp³-hybridized carbons (Fsp3) is 0.350. The van der Waals surface area contributed by atoms with Crippen LogP contribution in [0.15, 0.2) is 46.1 Å². The van der Waals surface area contributed by atoms with E-state index < -0.39 is 16.8 Å². The maximum Gasteiger partial charge on any atom is 0.313 e. The minimum absolute atomic E-state index is 0.123. The van der Waals surface area contributed by atoms with E-state index in [0.717, 1.165) is 11.8 Å². The third kappa shape index (κ3) is 4.03. The molecule has 8 nitrogen and oxygen atoms in total. The summed E-state index contributed by atoms with van der Waals surface area (Å²) in [6.45, 7) is 3.90. The smallest absolute Gasteiger partial charge is 0.313 e. The molecule has 0 bridgehead atoms. The number of carbonyl (C=O) groups excluding carboxylic acids is 1. The Hall–Kier alpha value is -3.12. The van der Waals surface area contributed by atoms with Crippen LogP contribution in [-0.2, 0) is 9.59 Å². The number of carboxylic acids is 1. The van der Waals surface area contributed by atoms with E-state index in [9.17, 15) is 25.0 Å². The Labute approximate surface area is 171 Å². The molecule has 1 aromatic rings. The second-order valence-corrected chi connectivity index (χ2v) is 8.73. The average molecular weight is 413 g/mol. The van der Waals surface area contributed by atoms with Gasteiger partial charge < -0.3 is 10.4 Å². The molecule has 1 aromatic carbocycles. The Balaban J connectivity index is 2.24. The van der Waals surface area contributed by atoms with Crippen molar-refractivity contribution in [1.29, 1.82) is 5.26 Å². The van der Waals surface area contributed by atoms with Crippen molar-refractivity contribution in [2.75, 3.05) is 5.75 Å². The van der Waals surface area contributed by atoms with Gasteiger partial charge in [0.15, 0.2) is 5.78 Å². The Kier molecular flexibility index (Phi) is 5.48. The van der Waals surface area contributed by atoms with Gasteiger partial charge in [0.2, 0.25) is 0 Å². The van der Waals surface area contributed by atoms with Gasteiger partial charge in [0.25, 0.3) is 5.69 Å². The maximum atomic E-state index is 13.0. The van der Waals surface area contributed by atoms with Crippen LogP contribution < -0.4 is 5.32 Å². The predicted molar refractivity (Wildman–Crippen MR) is 107 cm³/mol. The third-order valence-corrected chi connectivity index (χ3v) is 5.91. The second kappa shape index (κ2) is 7.72. The lowest BCUT2D eigenvalue weighted by molar-refractivity contribution is -0.385. The normalized spacial score (nSPS) is 20.6. The molecular weight excluding hydrogens is 394 g/mol. The zero-order chi connectivity index (χ0) is 21.3. The van der Waals surface area contributed by atoms with Crippen molar-refractivity contribution in [3.8, 4) is 6.07 Å². The quantitative estimate of drug-likeness (QED) is 0.554. The maximum absolute atomic E-state index is 13.0. The monoisotopic (exact) mass is 413 g/mol. The minimum atomic E-state index is -1.05. The first-order valence-corrected chi connectivity index (χ1v) is 9.88. The summed E-state index contributed by atoms with van der Waals surface area (Å²) in [5.41, 5.74) is 0.834. The molecule has 2 aliphatic rings. The number of nitriles is 1. The molecule has 0 unspecified atom stereocenters. The van der Waals surface area contributed by atoms with E-state index in [0.29, 0.717) is 22.7 Å². The number of hydrogen-bond acceptors (Lipinski definition) is 7. The summed E-state index contributed by atoms with van der Waals surface area (Å²) in [5.74, 6) is -2.40. The predicted octanol–water partition coefficient (Wildman–Crippen LogP) is 3.48. The fourth-order valence-electron chi connectivity index (χ4n) is 3.83. The van der Waals surface area contributed by atoms with Gasteiger partial charge in [0.05, 0.1) is 33.3 Å². The van der Waals surface area contributed by atoms with Crippen molar-refractivity contribution in [2.24, 2.45) is 5.41 Å². The molecule has 0 amide bonds. The van der Waals surface area contributed by atoms with Gasteiger partial charge in [0.1, 0.15) is 0 Å². The Morgan fingerprint density at radius 1 is 1.41 bits per heavy atom. The number of para-hydroxylation sites is 1. The van der Waals surface area contributed by atoms with Crippen LogP contribution in [0.25, 0.3) is 0 Å². The van der Waals surface area contributed by atoms with Crippen molar-refractivity contribution in [3.05, 3.63) is 61.8 Å². The summed E-state index contributed by atoms with van der Waals surface area (Å²) < 4.78 is 0. The Morgan fingerprint density at radius 2 is 2.10 bits per heavy atom. The van der Waals surface area contributed by atoms with E-state index in [2.05, 4.69) is 11.4 Å². The highest BCUT2D eigenvalue weighted by molar-refractivity contribution is 8.03. The van der Waals surface area contributed by atoms with Crippen molar-refractivity contribution < 1.29 is 19.6 Å². The minimum Gasteiger partial charge on any atom is -0.481 e. The molecule has 9 heteroatoms. The highest BCUT2D eigenvalue weighted by Crippen LogP contribution is 2.49. The lowest BCUT2D eigenvalue weighted by Gasteiger charge is -2.38. The molecular formula is C20H19N3O5S. The number of benzene rings is 1. The first-order chi connectivity index (χ1) is 13.6. The molecule has 150 valence electrons. The van der Waals surface area contributed by atoms with Crippen molar-refractivity contribution in [1.82, 2.24) is 5.32 Å². The first-order valence-electron chi connectivity index (χ1n) is 8.90. The lowest BCUT2D eigenvalue weighted by Crippen LogP contribution is -2.37. The molecule has 0 fully saturated rings. The van der Waals surface area contributed by atoms with Crippen LogP contribution in [0.4, 0.5) is 5.69 Å². The molecule has 0 spiro atoms. The molecule has 0 radical (unpaired) electrons. The molecule has 0 aromatic heterocycles. The number of dihydropyridines is 1. The molecule has 2 N–H and O–H groups in total. The molecule has 0 saturated carbocycles. The van der Waals surface area contributed by atoms with Crippen LogP contribution in [0, 0.1) is 26.9 Å². The molecule has 1 aliphatic heterocycles. The number of rotatable bonds is 5. The van der Waals surface area contributed by atoms with E-state index in [-0.39, 0.29) is 40.2 Å². The van der Waals surface area contributed by atoms with Gasteiger partial charge in [0, 0.05) is 29.3 Å². The summed E-state index contributed by atoms with van der Waals surface area (Å²) in [4.78, 5) is 35.2.